The van der Waals surface area contributed by atoms with Gasteiger partial charge in [-0.15, -0.1) is 0 Å². The minimum Gasteiger partial charge on any atom is -0.494 e. The summed E-state index contributed by atoms with van der Waals surface area (Å²) in [5.74, 6) is 0.708. The van der Waals surface area contributed by atoms with Gasteiger partial charge in [-0.25, -0.2) is 8.42 Å². The van der Waals surface area contributed by atoms with Crippen molar-refractivity contribution in [2.45, 2.75) is 31.2 Å². The van der Waals surface area contributed by atoms with Gasteiger partial charge in [-0.1, -0.05) is 6.92 Å². The lowest BCUT2D eigenvalue weighted by molar-refractivity contribution is 0.309. The van der Waals surface area contributed by atoms with Crippen molar-refractivity contribution in [1.29, 1.82) is 0 Å². The van der Waals surface area contributed by atoms with Crippen LogP contribution in [0.25, 0.3) is 0 Å². The van der Waals surface area contributed by atoms with Gasteiger partial charge >= 0.3 is 0 Å². The van der Waals surface area contributed by atoms with E-state index in [4.69, 9.17) is 4.74 Å². The fourth-order valence-corrected chi connectivity index (χ4v) is 3.72. The largest absolute Gasteiger partial charge is 0.494 e. The molecule has 0 unspecified atom stereocenters. The van der Waals surface area contributed by atoms with Crippen molar-refractivity contribution in [3.63, 3.8) is 0 Å². The van der Waals surface area contributed by atoms with Crippen LogP contribution in [-0.4, -0.2) is 45.0 Å². The molecule has 0 bridgehead atoms. The van der Waals surface area contributed by atoms with Crippen molar-refractivity contribution in [2.24, 2.45) is 0 Å². The van der Waals surface area contributed by atoms with Crippen molar-refractivity contribution < 1.29 is 13.2 Å². The molecule has 0 spiro atoms. The van der Waals surface area contributed by atoms with Crippen molar-refractivity contribution in [1.82, 2.24) is 9.62 Å². The second-order valence-electron chi connectivity index (χ2n) is 5.04. The lowest BCUT2D eigenvalue weighted by Crippen LogP contribution is -2.51. The van der Waals surface area contributed by atoms with E-state index in [-0.39, 0.29) is 6.04 Å². The highest BCUT2D eigenvalue weighted by Crippen LogP contribution is 2.20. The van der Waals surface area contributed by atoms with Crippen LogP contribution < -0.4 is 10.1 Å². The molecule has 20 heavy (non-hydrogen) atoms. The number of rotatable bonds is 5. The molecule has 1 fully saturated rings. The number of nitrogens with zero attached hydrogens (tertiary/aromatic N) is 1. The van der Waals surface area contributed by atoms with Gasteiger partial charge in [0, 0.05) is 25.7 Å². The quantitative estimate of drug-likeness (QED) is 0.894. The van der Waals surface area contributed by atoms with Gasteiger partial charge in [-0.2, -0.15) is 4.31 Å². The minimum absolute atomic E-state index is 0.186. The van der Waals surface area contributed by atoms with E-state index in [1.165, 1.54) is 4.31 Å². The molecule has 5 nitrogen and oxygen atoms in total. The van der Waals surface area contributed by atoms with Crippen LogP contribution in [0.2, 0.25) is 0 Å². The monoisotopic (exact) mass is 298 g/mol. The third-order valence-corrected chi connectivity index (χ3v) is 5.15. The molecule has 112 valence electrons. The molecule has 6 heteroatoms. The molecule has 1 aromatic rings. The van der Waals surface area contributed by atoms with Gasteiger partial charge in [-0.3, -0.25) is 0 Å². The van der Waals surface area contributed by atoms with Crippen LogP contribution >= 0.6 is 0 Å². The Bertz CT molecular complexity index is 528. The minimum atomic E-state index is -3.39. The summed E-state index contributed by atoms with van der Waals surface area (Å²) in [5, 5.41) is 3.24. The number of piperazine rings is 1. The van der Waals surface area contributed by atoms with Gasteiger partial charge in [0.1, 0.15) is 5.75 Å². The van der Waals surface area contributed by atoms with Crippen molar-refractivity contribution in [2.75, 3.05) is 26.2 Å². The van der Waals surface area contributed by atoms with Crippen LogP contribution in [0.15, 0.2) is 29.2 Å². The van der Waals surface area contributed by atoms with Gasteiger partial charge in [0.2, 0.25) is 10.0 Å². The Morgan fingerprint density at radius 2 is 2.05 bits per heavy atom. The second-order valence-corrected chi connectivity index (χ2v) is 6.98. The van der Waals surface area contributed by atoms with Crippen molar-refractivity contribution >= 4 is 10.0 Å². The zero-order valence-corrected chi connectivity index (χ0v) is 12.8. The van der Waals surface area contributed by atoms with Gasteiger partial charge in [-0.05, 0) is 37.6 Å². The van der Waals surface area contributed by atoms with Gasteiger partial charge in [0.05, 0.1) is 11.5 Å². The predicted octanol–water partition coefficient (Wildman–Crippen LogP) is 1.46. The van der Waals surface area contributed by atoms with E-state index in [0.717, 1.165) is 6.42 Å². The first kappa shape index (κ1) is 15.3. The molecular weight excluding hydrogens is 276 g/mol. The summed E-state index contributed by atoms with van der Waals surface area (Å²) in [6, 6.07) is 6.85. The number of hydrogen-bond acceptors (Lipinski definition) is 4. The molecule has 2 rings (SSSR count). The molecule has 1 atom stereocenters. The van der Waals surface area contributed by atoms with E-state index in [9.17, 15) is 8.42 Å². The number of hydrogen-bond donors (Lipinski definition) is 1. The van der Waals surface area contributed by atoms with Crippen LogP contribution in [0, 0.1) is 0 Å². The molecule has 0 aromatic heterocycles. The summed E-state index contributed by atoms with van der Waals surface area (Å²) < 4.78 is 32.0. The molecule has 1 aliphatic rings. The maximum absolute atomic E-state index is 12.5. The van der Waals surface area contributed by atoms with E-state index in [1.54, 1.807) is 24.3 Å². The Hall–Kier alpha value is -1.11. The molecule has 0 amide bonds. The Labute approximate surface area is 121 Å². The zero-order chi connectivity index (χ0) is 14.6. The molecule has 0 aliphatic carbocycles. The number of ether oxygens (including phenoxy) is 1. The van der Waals surface area contributed by atoms with Gasteiger partial charge in [0.15, 0.2) is 0 Å². The second kappa shape index (κ2) is 6.56. The lowest BCUT2D eigenvalue weighted by atomic mass is 10.3. The molecule has 1 N–H and O–H groups in total. The Morgan fingerprint density at radius 3 is 2.65 bits per heavy atom. The van der Waals surface area contributed by atoms with E-state index < -0.39 is 10.0 Å². The van der Waals surface area contributed by atoms with Crippen LogP contribution in [0.4, 0.5) is 0 Å². The summed E-state index contributed by atoms with van der Waals surface area (Å²) in [5.41, 5.74) is 0. The Kier molecular flexibility index (Phi) is 5.01. The van der Waals surface area contributed by atoms with E-state index in [0.29, 0.717) is 36.9 Å². The highest BCUT2D eigenvalue weighted by molar-refractivity contribution is 7.89. The third-order valence-electron chi connectivity index (χ3n) is 3.27. The van der Waals surface area contributed by atoms with E-state index in [2.05, 4.69) is 5.32 Å². The van der Waals surface area contributed by atoms with Gasteiger partial charge in [0.25, 0.3) is 0 Å². The van der Waals surface area contributed by atoms with Gasteiger partial charge < -0.3 is 10.1 Å². The summed E-state index contributed by atoms with van der Waals surface area (Å²) in [4.78, 5) is 0.329. The summed E-state index contributed by atoms with van der Waals surface area (Å²) in [6.45, 7) is 6.38. The molecule has 0 saturated carbocycles. The standard InChI is InChI=1S/C14H22N2O3S/c1-3-10-19-13-4-6-14(7-5-13)20(17,18)16-9-8-15-12(2)11-16/h4-7,12,15H,3,8-11H2,1-2H3/t12-/m0/s1. The fourth-order valence-electron chi connectivity index (χ4n) is 2.19. The van der Waals surface area contributed by atoms with Crippen LogP contribution in [0.1, 0.15) is 20.3 Å². The maximum Gasteiger partial charge on any atom is 0.243 e. The van der Waals surface area contributed by atoms with Crippen LogP contribution in [0.3, 0.4) is 0 Å². The molecule has 1 saturated heterocycles. The highest BCUT2D eigenvalue weighted by Gasteiger charge is 2.28. The summed E-state index contributed by atoms with van der Waals surface area (Å²) in [6.07, 6.45) is 0.929. The van der Waals surface area contributed by atoms with Crippen LogP contribution in [-0.2, 0) is 10.0 Å². The lowest BCUT2D eigenvalue weighted by Gasteiger charge is -2.31. The first-order valence-electron chi connectivity index (χ1n) is 7.00. The summed E-state index contributed by atoms with van der Waals surface area (Å²) >= 11 is 0. The first-order chi connectivity index (χ1) is 9.54. The molecule has 1 heterocycles. The number of benzene rings is 1. The first-order valence-corrected chi connectivity index (χ1v) is 8.44. The molecule has 1 aliphatic heterocycles. The third kappa shape index (κ3) is 3.50. The maximum atomic E-state index is 12.5. The predicted molar refractivity (Wildman–Crippen MR) is 78.5 cm³/mol. The van der Waals surface area contributed by atoms with E-state index >= 15 is 0 Å². The van der Waals surface area contributed by atoms with Crippen molar-refractivity contribution in [3.8, 4) is 5.75 Å². The average Bonchev–Trinajstić information content (AvgIpc) is 2.45. The van der Waals surface area contributed by atoms with Crippen LogP contribution in [0.5, 0.6) is 5.75 Å². The fraction of sp³-hybridized carbons (Fsp3) is 0.571. The smallest absolute Gasteiger partial charge is 0.243 e. The topological polar surface area (TPSA) is 58.6 Å². The molecular formula is C14H22N2O3S. The molecule has 1 aromatic carbocycles. The SMILES string of the molecule is CCCOc1ccc(S(=O)(=O)N2CCN[C@@H](C)C2)cc1. The Balaban J connectivity index is 2.12. The zero-order valence-electron chi connectivity index (χ0n) is 12.0. The van der Waals surface area contributed by atoms with Crippen molar-refractivity contribution in [3.05, 3.63) is 24.3 Å². The number of sulfonamides is 1. The van der Waals surface area contributed by atoms with E-state index in [1.807, 2.05) is 13.8 Å². The molecule has 0 radical (unpaired) electrons. The normalized spacial score (nSPS) is 20.8. The summed E-state index contributed by atoms with van der Waals surface area (Å²) in [7, 11) is -3.39. The number of nitrogens with one attached hydrogen (secondary N) is 1. The Morgan fingerprint density at radius 1 is 1.35 bits per heavy atom. The average molecular weight is 298 g/mol. The highest BCUT2D eigenvalue weighted by atomic mass is 32.2.